The Morgan fingerprint density at radius 3 is 2.53 bits per heavy atom. The highest BCUT2D eigenvalue weighted by molar-refractivity contribution is 5.77. The molecule has 0 aromatic rings. The van der Waals surface area contributed by atoms with Crippen molar-refractivity contribution in [3.05, 3.63) is 0 Å². The zero-order chi connectivity index (χ0) is 11.7. The number of hydrogen-bond donors (Lipinski definition) is 0. The second kappa shape index (κ2) is 4.15. The van der Waals surface area contributed by atoms with Crippen molar-refractivity contribution in [3.8, 4) is 0 Å². The van der Waals surface area contributed by atoms with Crippen molar-refractivity contribution in [3.63, 3.8) is 0 Å². The van der Waals surface area contributed by atoms with Crippen LogP contribution in [0.4, 0.5) is 0 Å². The normalized spacial score (nSPS) is 34.9. The summed E-state index contributed by atoms with van der Waals surface area (Å²) in [5, 5.41) is 0. The summed E-state index contributed by atoms with van der Waals surface area (Å²) in [7, 11) is 0. The Morgan fingerprint density at radius 1 is 1.40 bits per heavy atom. The average Bonchev–Trinajstić information content (AvgIpc) is 2.12. The first-order valence-corrected chi connectivity index (χ1v) is 5.99. The molecule has 0 aliphatic heterocycles. The van der Waals surface area contributed by atoms with Crippen LogP contribution in [0.25, 0.3) is 0 Å². The van der Waals surface area contributed by atoms with Gasteiger partial charge >= 0.3 is 5.97 Å². The van der Waals surface area contributed by atoms with E-state index < -0.39 is 0 Å². The van der Waals surface area contributed by atoms with Crippen molar-refractivity contribution in [1.82, 2.24) is 0 Å². The number of carbonyl (C=O) groups is 1. The van der Waals surface area contributed by atoms with Crippen LogP contribution in [0.1, 0.15) is 53.9 Å². The molecular formula is C13H24O2. The summed E-state index contributed by atoms with van der Waals surface area (Å²) in [6.45, 7) is 11.1. The number of rotatable bonds is 2. The molecule has 1 saturated carbocycles. The van der Waals surface area contributed by atoms with Gasteiger partial charge in [-0.3, -0.25) is 4.79 Å². The number of esters is 1. The van der Waals surface area contributed by atoms with Gasteiger partial charge in [-0.25, -0.2) is 0 Å². The lowest BCUT2D eigenvalue weighted by molar-refractivity contribution is -0.163. The fraction of sp³-hybridized carbons (Fsp3) is 0.923. The van der Waals surface area contributed by atoms with E-state index in [0.717, 1.165) is 12.8 Å². The van der Waals surface area contributed by atoms with Crippen LogP contribution in [0, 0.1) is 16.7 Å². The van der Waals surface area contributed by atoms with Crippen LogP contribution >= 0.6 is 0 Å². The van der Waals surface area contributed by atoms with Gasteiger partial charge in [-0.05, 0) is 44.4 Å². The molecule has 0 amide bonds. The minimum atomic E-state index is -0.280. The van der Waals surface area contributed by atoms with Crippen LogP contribution in [0.2, 0.25) is 0 Å². The minimum absolute atomic E-state index is 0.00900. The van der Waals surface area contributed by atoms with E-state index in [1.165, 1.54) is 6.42 Å². The maximum absolute atomic E-state index is 12.0. The predicted octanol–water partition coefficient (Wildman–Crippen LogP) is 3.40. The van der Waals surface area contributed by atoms with E-state index in [2.05, 4.69) is 27.7 Å². The maximum atomic E-state index is 12.0. The van der Waals surface area contributed by atoms with Gasteiger partial charge in [-0.2, -0.15) is 0 Å². The topological polar surface area (TPSA) is 26.3 Å². The fourth-order valence-corrected chi connectivity index (χ4v) is 2.75. The van der Waals surface area contributed by atoms with E-state index in [4.69, 9.17) is 4.74 Å². The van der Waals surface area contributed by atoms with Crippen LogP contribution < -0.4 is 0 Å². The maximum Gasteiger partial charge on any atom is 0.312 e. The monoisotopic (exact) mass is 212 g/mol. The first-order valence-electron chi connectivity index (χ1n) is 5.99. The molecule has 0 heterocycles. The van der Waals surface area contributed by atoms with Gasteiger partial charge in [0.2, 0.25) is 0 Å². The van der Waals surface area contributed by atoms with Gasteiger partial charge in [0.15, 0.2) is 0 Å². The Morgan fingerprint density at radius 2 is 2.00 bits per heavy atom. The third-order valence-electron chi connectivity index (χ3n) is 3.93. The number of hydrogen-bond acceptors (Lipinski definition) is 2. The van der Waals surface area contributed by atoms with E-state index in [0.29, 0.717) is 12.5 Å². The molecule has 88 valence electrons. The van der Waals surface area contributed by atoms with Crippen molar-refractivity contribution in [2.75, 3.05) is 6.61 Å². The Labute approximate surface area is 93.4 Å². The quantitative estimate of drug-likeness (QED) is 0.656. The van der Waals surface area contributed by atoms with Crippen LogP contribution in [-0.2, 0) is 9.53 Å². The molecule has 0 radical (unpaired) electrons. The summed E-state index contributed by atoms with van der Waals surface area (Å²) in [5.74, 6) is 0.426. The molecule has 0 aromatic carbocycles. The van der Waals surface area contributed by atoms with E-state index in [9.17, 15) is 4.79 Å². The Hall–Kier alpha value is -0.530. The molecule has 1 aliphatic rings. The molecule has 0 N–H and O–H groups in total. The fourth-order valence-electron chi connectivity index (χ4n) is 2.75. The second-order valence-corrected chi connectivity index (χ2v) is 5.92. The molecular weight excluding hydrogens is 188 g/mol. The SMILES string of the molecule is CCOC(=O)C1(C)CC(C)(C)CCC1C. The van der Waals surface area contributed by atoms with E-state index in [1.54, 1.807) is 0 Å². The predicted molar refractivity (Wildman–Crippen MR) is 61.5 cm³/mol. The van der Waals surface area contributed by atoms with Gasteiger partial charge in [0.25, 0.3) is 0 Å². The van der Waals surface area contributed by atoms with Crippen LogP contribution in [0.3, 0.4) is 0 Å². The average molecular weight is 212 g/mol. The summed E-state index contributed by atoms with van der Waals surface area (Å²) in [6, 6.07) is 0. The van der Waals surface area contributed by atoms with Gasteiger partial charge in [0.1, 0.15) is 0 Å². The third-order valence-corrected chi connectivity index (χ3v) is 3.93. The first-order chi connectivity index (χ1) is 6.82. The lowest BCUT2D eigenvalue weighted by Crippen LogP contribution is -2.43. The molecule has 0 bridgehead atoms. The van der Waals surface area contributed by atoms with E-state index in [1.807, 2.05) is 6.92 Å². The number of carbonyl (C=O) groups excluding carboxylic acids is 1. The summed E-state index contributed by atoms with van der Waals surface area (Å²) in [5.41, 5.74) is -0.00815. The van der Waals surface area contributed by atoms with E-state index >= 15 is 0 Å². The molecule has 0 saturated heterocycles. The third kappa shape index (κ3) is 2.53. The molecule has 2 heteroatoms. The molecule has 2 unspecified atom stereocenters. The van der Waals surface area contributed by atoms with Crippen molar-refractivity contribution >= 4 is 5.97 Å². The molecule has 1 fully saturated rings. The molecule has 0 spiro atoms. The lowest BCUT2D eigenvalue weighted by Gasteiger charge is -2.45. The molecule has 1 aliphatic carbocycles. The summed E-state index contributed by atoms with van der Waals surface area (Å²) in [6.07, 6.45) is 3.28. The van der Waals surface area contributed by atoms with Crippen LogP contribution in [0.5, 0.6) is 0 Å². The van der Waals surface area contributed by atoms with E-state index in [-0.39, 0.29) is 16.8 Å². The highest BCUT2D eigenvalue weighted by Gasteiger charge is 2.47. The Bertz CT molecular complexity index is 245. The Kier molecular flexibility index (Phi) is 3.47. The van der Waals surface area contributed by atoms with Crippen molar-refractivity contribution < 1.29 is 9.53 Å². The lowest BCUT2D eigenvalue weighted by atomic mass is 9.59. The van der Waals surface area contributed by atoms with Gasteiger partial charge in [0, 0.05) is 0 Å². The largest absolute Gasteiger partial charge is 0.466 e. The van der Waals surface area contributed by atoms with Crippen LogP contribution in [-0.4, -0.2) is 12.6 Å². The van der Waals surface area contributed by atoms with Crippen molar-refractivity contribution in [2.45, 2.75) is 53.9 Å². The second-order valence-electron chi connectivity index (χ2n) is 5.92. The minimum Gasteiger partial charge on any atom is -0.466 e. The van der Waals surface area contributed by atoms with Gasteiger partial charge in [-0.1, -0.05) is 20.8 Å². The summed E-state index contributed by atoms with van der Waals surface area (Å²) in [4.78, 5) is 12.0. The molecule has 2 atom stereocenters. The van der Waals surface area contributed by atoms with Crippen molar-refractivity contribution in [1.29, 1.82) is 0 Å². The van der Waals surface area contributed by atoms with Gasteiger partial charge in [0.05, 0.1) is 12.0 Å². The number of ether oxygens (including phenoxy) is 1. The summed E-state index contributed by atoms with van der Waals surface area (Å²) < 4.78 is 5.21. The van der Waals surface area contributed by atoms with Gasteiger partial charge < -0.3 is 4.74 Å². The summed E-state index contributed by atoms with van der Waals surface area (Å²) >= 11 is 0. The zero-order valence-corrected chi connectivity index (χ0v) is 10.7. The van der Waals surface area contributed by atoms with Gasteiger partial charge in [-0.15, -0.1) is 0 Å². The first kappa shape index (κ1) is 12.5. The van der Waals surface area contributed by atoms with Crippen molar-refractivity contribution in [2.24, 2.45) is 16.7 Å². The smallest absolute Gasteiger partial charge is 0.312 e. The van der Waals surface area contributed by atoms with Crippen LogP contribution in [0.15, 0.2) is 0 Å². The molecule has 2 nitrogen and oxygen atoms in total. The highest BCUT2D eigenvalue weighted by Crippen LogP contribution is 2.49. The Balaban J connectivity index is 2.83. The zero-order valence-electron chi connectivity index (χ0n) is 10.7. The highest BCUT2D eigenvalue weighted by atomic mass is 16.5. The standard InChI is InChI=1S/C13H24O2/c1-6-15-11(14)13(5)9-12(3,4)8-7-10(13)2/h10H,6-9H2,1-5H3. The molecule has 1 rings (SSSR count). The molecule has 15 heavy (non-hydrogen) atoms. The molecule has 0 aromatic heterocycles.